The number of pyridine rings is 1. The molecule has 1 aromatic carbocycles. The van der Waals surface area contributed by atoms with E-state index in [1.165, 1.54) is 12.4 Å². The van der Waals surface area contributed by atoms with Gasteiger partial charge in [0.25, 0.3) is 5.91 Å². The first-order valence-electron chi connectivity index (χ1n) is 12.2. The van der Waals surface area contributed by atoms with Crippen LogP contribution in [0, 0.1) is 11.3 Å². The molecule has 0 bridgehead atoms. The van der Waals surface area contributed by atoms with E-state index in [1.54, 1.807) is 24.3 Å². The average Bonchev–Trinajstić information content (AvgIpc) is 2.87. The van der Waals surface area contributed by atoms with Crippen LogP contribution in [0.5, 0.6) is 0 Å². The quantitative estimate of drug-likeness (QED) is 0.320. The number of rotatable bonds is 8. The summed E-state index contributed by atoms with van der Waals surface area (Å²) in [7, 11) is 0. The van der Waals surface area contributed by atoms with Crippen LogP contribution >= 0.6 is 39.1 Å². The normalized spacial score (nSPS) is 18.4. The van der Waals surface area contributed by atoms with Gasteiger partial charge in [-0.2, -0.15) is 0 Å². The second-order valence-corrected chi connectivity index (χ2v) is 11.6. The molecule has 2 aromatic rings. The Bertz CT molecular complexity index is 1250. The smallest absolute Gasteiger partial charge is 0.329 e. The summed E-state index contributed by atoms with van der Waals surface area (Å²) in [5, 5.41) is 16.8. The van der Waals surface area contributed by atoms with Crippen molar-refractivity contribution in [1.29, 1.82) is 0 Å². The van der Waals surface area contributed by atoms with Crippen LogP contribution in [-0.2, 0) is 16.0 Å². The number of carboxylic acids is 1. The van der Waals surface area contributed by atoms with Crippen LogP contribution in [0.15, 0.2) is 46.8 Å². The van der Waals surface area contributed by atoms with E-state index in [0.29, 0.717) is 15.9 Å². The number of nitrogens with zero attached hydrogens (tertiary/aromatic N) is 1. The first-order valence-corrected chi connectivity index (χ1v) is 13.7. The van der Waals surface area contributed by atoms with Gasteiger partial charge in [-0.05, 0) is 52.4 Å². The summed E-state index contributed by atoms with van der Waals surface area (Å²) in [6.07, 6.45) is 7.31. The molecule has 196 valence electrons. The maximum atomic E-state index is 12.9. The zero-order chi connectivity index (χ0) is 27.0. The van der Waals surface area contributed by atoms with Crippen LogP contribution in [0.4, 0.5) is 5.69 Å². The number of aromatic nitrogens is 1. The maximum Gasteiger partial charge on any atom is 0.329 e. The van der Waals surface area contributed by atoms with Crippen LogP contribution in [-0.4, -0.2) is 33.3 Å². The van der Waals surface area contributed by atoms with E-state index in [-0.39, 0.29) is 33.7 Å². The number of amides is 1. The van der Waals surface area contributed by atoms with Gasteiger partial charge in [0.2, 0.25) is 0 Å². The molecule has 0 saturated heterocycles. The summed E-state index contributed by atoms with van der Waals surface area (Å²) in [5.74, 6) is -1.69. The Morgan fingerprint density at radius 2 is 1.70 bits per heavy atom. The molecule has 0 aliphatic heterocycles. The summed E-state index contributed by atoms with van der Waals surface area (Å²) in [6.45, 7) is 3.72. The summed E-state index contributed by atoms with van der Waals surface area (Å²) in [4.78, 5) is 42.2. The van der Waals surface area contributed by atoms with Gasteiger partial charge in [0.1, 0.15) is 5.54 Å². The van der Waals surface area contributed by atoms with Crippen molar-refractivity contribution in [3.63, 3.8) is 0 Å². The Morgan fingerprint density at radius 1 is 1.11 bits per heavy atom. The molecule has 7 nitrogen and oxygen atoms in total. The molecule has 3 N–H and O–H groups in total. The number of aliphatic carboxylic acids is 1. The van der Waals surface area contributed by atoms with Gasteiger partial charge < -0.3 is 15.7 Å². The fourth-order valence-electron chi connectivity index (χ4n) is 5.23. The van der Waals surface area contributed by atoms with Gasteiger partial charge >= 0.3 is 5.97 Å². The minimum absolute atomic E-state index is 0.0623. The number of hydrogen-bond acceptors (Lipinski definition) is 5. The number of nitrogens with one attached hydrogen (secondary N) is 2. The summed E-state index contributed by atoms with van der Waals surface area (Å²) in [5.41, 5.74) is 0.165. The van der Waals surface area contributed by atoms with Gasteiger partial charge in [0.15, 0.2) is 5.78 Å². The number of anilines is 1. The predicted octanol–water partition coefficient (Wildman–Crippen LogP) is 6.39. The van der Waals surface area contributed by atoms with Gasteiger partial charge in [0.05, 0.1) is 25.5 Å². The number of carbonyl (C=O) groups excluding carboxylic acids is 2. The molecule has 0 unspecified atom stereocenters. The first kappa shape index (κ1) is 27.6. The second-order valence-electron chi connectivity index (χ2n) is 10.0. The van der Waals surface area contributed by atoms with Gasteiger partial charge in [-0.3, -0.25) is 14.6 Å². The molecular weight excluding hydrogens is 581 g/mol. The summed E-state index contributed by atoms with van der Waals surface area (Å²) >= 11 is 15.6. The highest BCUT2D eigenvalue weighted by atomic mass is 79.9. The third kappa shape index (κ3) is 5.03. The van der Waals surface area contributed by atoms with Crippen LogP contribution in [0.3, 0.4) is 0 Å². The maximum absolute atomic E-state index is 12.9. The molecule has 0 radical (unpaired) electrons. The lowest BCUT2D eigenvalue weighted by atomic mass is 9.61. The number of hydrogen-bond donors (Lipinski definition) is 3. The Labute approximate surface area is 234 Å². The number of allylic oxidation sites excluding steroid dienone is 2. The minimum atomic E-state index is -1.33. The molecule has 1 atom stereocenters. The average molecular weight is 609 g/mol. The highest BCUT2D eigenvalue weighted by Gasteiger charge is 2.56. The molecular formula is C27H28BrCl2N3O4. The summed E-state index contributed by atoms with van der Waals surface area (Å²) < 4.78 is 0.451. The molecule has 2 aliphatic rings. The number of benzene rings is 1. The van der Waals surface area contributed by atoms with E-state index in [0.717, 1.165) is 37.7 Å². The van der Waals surface area contributed by atoms with E-state index in [9.17, 15) is 19.5 Å². The van der Waals surface area contributed by atoms with Crippen molar-refractivity contribution in [3.8, 4) is 0 Å². The number of carboxylic acid groups (broad SMARTS) is 1. The zero-order valence-electron chi connectivity index (χ0n) is 20.5. The molecule has 1 heterocycles. The molecule has 1 spiro atoms. The van der Waals surface area contributed by atoms with Crippen molar-refractivity contribution < 1.29 is 19.5 Å². The van der Waals surface area contributed by atoms with Crippen molar-refractivity contribution in [2.45, 2.75) is 57.9 Å². The van der Waals surface area contributed by atoms with Crippen LogP contribution < -0.4 is 10.6 Å². The standard InChI is InChI=1S/C27H28BrCl2N3O4/c1-15(2)27(25(36)37,33-22-21(28)23(34)26(22)10-4-3-5-11-26)12-16-6-8-17(9-7-16)32-24(35)20-18(29)13-31-14-19(20)30/h6-9,13-15,33H,3-5,10-12H2,1-2H3,(H,32,35)(H,36,37)/t27-/m0/s1. The van der Waals surface area contributed by atoms with E-state index in [4.69, 9.17) is 23.2 Å². The Balaban J connectivity index is 1.57. The van der Waals surface area contributed by atoms with Crippen molar-refractivity contribution in [2.75, 3.05) is 5.32 Å². The van der Waals surface area contributed by atoms with Crippen LogP contribution in [0.2, 0.25) is 10.0 Å². The molecule has 1 amide bonds. The highest BCUT2D eigenvalue weighted by Crippen LogP contribution is 2.54. The van der Waals surface area contributed by atoms with E-state index in [1.807, 2.05) is 13.8 Å². The van der Waals surface area contributed by atoms with Gasteiger partial charge in [-0.15, -0.1) is 0 Å². The lowest BCUT2D eigenvalue weighted by molar-refractivity contribution is -0.147. The molecule has 1 fully saturated rings. The highest BCUT2D eigenvalue weighted by molar-refractivity contribution is 9.12. The predicted molar refractivity (Wildman–Crippen MR) is 147 cm³/mol. The number of carbonyl (C=O) groups is 3. The monoisotopic (exact) mass is 607 g/mol. The Morgan fingerprint density at radius 3 is 2.24 bits per heavy atom. The molecule has 4 rings (SSSR count). The molecule has 1 saturated carbocycles. The zero-order valence-corrected chi connectivity index (χ0v) is 23.6. The van der Waals surface area contributed by atoms with Crippen molar-refractivity contribution in [3.05, 3.63) is 68.0 Å². The molecule has 10 heteroatoms. The number of halogens is 3. The lowest BCUT2D eigenvalue weighted by Gasteiger charge is -2.49. The first-order chi connectivity index (χ1) is 17.5. The Kier molecular flexibility index (Phi) is 8.02. The van der Waals surface area contributed by atoms with E-state index in [2.05, 4.69) is 31.5 Å². The van der Waals surface area contributed by atoms with Gasteiger partial charge in [-0.1, -0.05) is 68.4 Å². The molecule has 2 aliphatic carbocycles. The fourth-order valence-corrected chi connectivity index (χ4v) is 6.63. The van der Waals surface area contributed by atoms with Crippen molar-refractivity contribution in [1.82, 2.24) is 10.3 Å². The number of ketones is 1. The van der Waals surface area contributed by atoms with E-state index < -0.39 is 22.8 Å². The third-order valence-corrected chi connectivity index (χ3v) is 8.86. The van der Waals surface area contributed by atoms with Crippen LogP contribution in [0.25, 0.3) is 0 Å². The summed E-state index contributed by atoms with van der Waals surface area (Å²) in [6, 6.07) is 6.96. The van der Waals surface area contributed by atoms with Crippen molar-refractivity contribution >= 4 is 62.5 Å². The van der Waals surface area contributed by atoms with Crippen molar-refractivity contribution in [2.24, 2.45) is 11.3 Å². The minimum Gasteiger partial charge on any atom is -0.479 e. The second kappa shape index (κ2) is 10.8. The van der Waals surface area contributed by atoms with Gasteiger partial charge in [0, 0.05) is 30.2 Å². The Hall–Kier alpha value is -2.42. The van der Waals surface area contributed by atoms with Crippen LogP contribution in [0.1, 0.15) is 61.9 Å². The molecule has 1 aromatic heterocycles. The van der Waals surface area contributed by atoms with E-state index >= 15 is 0 Å². The SMILES string of the molecule is CC(C)[C@](Cc1ccc(NC(=O)c2c(Cl)cncc2Cl)cc1)(NC1=C(Br)C(=O)C12CCCCC2)C(=O)O. The topological polar surface area (TPSA) is 108 Å². The van der Waals surface area contributed by atoms with Gasteiger partial charge in [-0.25, -0.2) is 4.79 Å². The largest absolute Gasteiger partial charge is 0.479 e. The fraction of sp³-hybridized carbons (Fsp3) is 0.407. The molecule has 37 heavy (non-hydrogen) atoms. The lowest BCUT2D eigenvalue weighted by Crippen LogP contribution is -2.62. The number of Topliss-reactive ketones (excluding diaryl/α,β-unsaturated/α-hetero) is 1. The third-order valence-electron chi connectivity index (χ3n) is 7.53.